The summed E-state index contributed by atoms with van der Waals surface area (Å²) in [6, 6.07) is 6.55. The molecule has 2 unspecified atom stereocenters. The van der Waals surface area contributed by atoms with E-state index in [4.69, 9.17) is 4.42 Å². The molecule has 2 heterocycles. The third kappa shape index (κ3) is 1.43. The topological polar surface area (TPSA) is 38.1 Å². The second-order valence-electron chi connectivity index (χ2n) is 4.61. The van der Waals surface area contributed by atoms with Gasteiger partial charge in [-0.1, -0.05) is 12.1 Å². The Balaban J connectivity index is 2.08. The summed E-state index contributed by atoms with van der Waals surface area (Å²) in [5, 5.41) is 3.43. The number of rotatable bonds is 1. The van der Waals surface area contributed by atoms with Crippen LogP contribution in [-0.4, -0.2) is 17.6 Å². The average molecular weight is 216 g/mol. The summed E-state index contributed by atoms with van der Waals surface area (Å²) in [5.74, 6) is 1.31. The van der Waals surface area contributed by atoms with Crippen LogP contribution in [0.15, 0.2) is 22.6 Å². The molecular weight excluding hydrogens is 200 g/mol. The van der Waals surface area contributed by atoms with Crippen LogP contribution in [0.1, 0.15) is 30.7 Å². The van der Waals surface area contributed by atoms with E-state index < -0.39 is 0 Å². The minimum atomic E-state index is 0.423. The number of aryl methyl sites for hydroxylation is 1. The first-order chi connectivity index (χ1) is 7.75. The molecule has 1 aromatic heterocycles. The van der Waals surface area contributed by atoms with Gasteiger partial charge in [0.15, 0.2) is 11.5 Å². The Morgan fingerprint density at radius 1 is 1.44 bits per heavy atom. The van der Waals surface area contributed by atoms with Crippen molar-refractivity contribution in [3.63, 3.8) is 0 Å². The Hall–Kier alpha value is -1.35. The summed E-state index contributed by atoms with van der Waals surface area (Å²) < 4.78 is 5.85. The minimum absolute atomic E-state index is 0.423. The molecule has 1 aliphatic heterocycles. The SMILES string of the molecule is Cc1cccc2oc(C3CCNC3C)nc12. The normalized spacial score (nSPS) is 25.4. The number of benzene rings is 1. The molecule has 2 atom stereocenters. The molecule has 16 heavy (non-hydrogen) atoms. The standard InChI is InChI=1S/C13H16N2O/c1-8-4-3-5-11-12(8)15-13(16-11)10-6-7-14-9(10)2/h3-5,9-10,14H,6-7H2,1-2H3. The average Bonchev–Trinajstić information content (AvgIpc) is 2.84. The van der Waals surface area contributed by atoms with Gasteiger partial charge in [0.1, 0.15) is 5.52 Å². The maximum atomic E-state index is 5.85. The van der Waals surface area contributed by atoms with Crippen molar-refractivity contribution in [1.82, 2.24) is 10.3 Å². The highest BCUT2D eigenvalue weighted by atomic mass is 16.3. The first kappa shape index (κ1) is 9.85. The zero-order chi connectivity index (χ0) is 11.1. The molecule has 1 fully saturated rings. The maximum Gasteiger partial charge on any atom is 0.200 e. The van der Waals surface area contributed by atoms with Crippen LogP contribution in [-0.2, 0) is 0 Å². The largest absolute Gasteiger partial charge is 0.440 e. The monoisotopic (exact) mass is 216 g/mol. The van der Waals surface area contributed by atoms with E-state index >= 15 is 0 Å². The van der Waals surface area contributed by atoms with Crippen molar-refractivity contribution in [3.8, 4) is 0 Å². The Bertz CT molecular complexity index is 518. The molecule has 1 aliphatic rings. The Morgan fingerprint density at radius 2 is 2.31 bits per heavy atom. The molecular formula is C13H16N2O. The lowest BCUT2D eigenvalue weighted by Crippen LogP contribution is -2.21. The van der Waals surface area contributed by atoms with Gasteiger partial charge in [-0.25, -0.2) is 4.98 Å². The van der Waals surface area contributed by atoms with Crippen LogP contribution in [0.25, 0.3) is 11.1 Å². The molecule has 0 saturated carbocycles. The summed E-state index contributed by atoms with van der Waals surface area (Å²) in [6.45, 7) is 5.33. The van der Waals surface area contributed by atoms with Crippen molar-refractivity contribution in [3.05, 3.63) is 29.7 Å². The fourth-order valence-corrected chi connectivity index (χ4v) is 2.46. The molecule has 3 nitrogen and oxygen atoms in total. The lowest BCUT2D eigenvalue weighted by atomic mass is 10.0. The molecule has 0 amide bonds. The van der Waals surface area contributed by atoms with Gasteiger partial charge in [-0.3, -0.25) is 0 Å². The first-order valence-corrected chi connectivity index (χ1v) is 5.85. The zero-order valence-electron chi connectivity index (χ0n) is 9.66. The van der Waals surface area contributed by atoms with Crippen LogP contribution < -0.4 is 5.32 Å². The number of aromatic nitrogens is 1. The quantitative estimate of drug-likeness (QED) is 0.796. The first-order valence-electron chi connectivity index (χ1n) is 5.85. The van der Waals surface area contributed by atoms with E-state index in [2.05, 4.69) is 30.2 Å². The van der Waals surface area contributed by atoms with Gasteiger partial charge < -0.3 is 9.73 Å². The highest BCUT2D eigenvalue weighted by Crippen LogP contribution is 2.30. The van der Waals surface area contributed by atoms with Crippen LogP contribution in [0.5, 0.6) is 0 Å². The van der Waals surface area contributed by atoms with Gasteiger partial charge in [0.05, 0.1) is 5.92 Å². The van der Waals surface area contributed by atoms with Crippen LogP contribution in [0.2, 0.25) is 0 Å². The summed E-state index contributed by atoms with van der Waals surface area (Å²) in [7, 11) is 0. The predicted octanol–water partition coefficient (Wildman–Crippen LogP) is 2.60. The van der Waals surface area contributed by atoms with Crippen LogP contribution in [0.3, 0.4) is 0 Å². The van der Waals surface area contributed by atoms with Crippen molar-refractivity contribution in [1.29, 1.82) is 0 Å². The van der Waals surface area contributed by atoms with Gasteiger partial charge in [0.2, 0.25) is 0 Å². The van der Waals surface area contributed by atoms with E-state index in [1.54, 1.807) is 0 Å². The molecule has 3 rings (SSSR count). The van der Waals surface area contributed by atoms with E-state index in [1.807, 2.05) is 12.1 Å². The number of oxazole rings is 1. The summed E-state index contributed by atoms with van der Waals surface area (Å²) in [6.07, 6.45) is 1.12. The molecule has 0 radical (unpaired) electrons. The second kappa shape index (κ2) is 3.59. The Morgan fingerprint density at radius 3 is 3.00 bits per heavy atom. The molecule has 2 aromatic rings. The van der Waals surface area contributed by atoms with Crippen molar-refractivity contribution >= 4 is 11.1 Å². The minimum Gasteiger partial charge on any atom is -0.440 e. The van der Waals surface area contributed by atoms with Gasteiger partial charge in [0.25, 0.3) is 0 Å². The smallest absolute Gasteiger partial charge is 0.200 e. The van der Waals surface area contributed by atoms with E-state index in [9.17, 15) is 0 Å². The number of para-hydroxylation sites is 1. The zero-order valence-corrected chi connectivity index (χ0v) is 9.66. The van der Waals surface area contributed by atoms with Crippen LogP contribution >= 0.6 is 0 Å². The third-order valence-corrected chi connectivity index (χ3v) is 3.48. The maximum absolute atomic E-state index is 5.85. The second-order valence-corrected chi connectivity index (χ2v) is 4.61. The molecule has 0 aliphatic carbocycles. The number of nitrogens with zero attached hydrogens (tertiary/aromatic N) is 1. The number of nitrogens with one attached hydrogen (secondary N) is 1. The van der Waals surface area contributed by atoms with E-state index in [1.165, 1.54) is 5.56 Å². The van der Waals surface area contributed by atoms with Crippen LogP contribution in [0, 0.1) is 6.92 Å². The molecule has 3 heteroatoms. The predicted molar refractivity (Wildman–Crippen MR) is 63.6 cm³/mol. The third-order valence-electron chi connectivity index (χ3n) is 3.48. The summed E-state index contributed by atoms with van der Waals surface area (Å²) in [4.78, 5) is 4.64. The summed E-state index contributed by atoms with van der Waals surface area (Å²) in [5.41, 5.74) is 3.11. The van der Waals surface area contributed by atoms with Gasteiger partial charge in [0, 0.05) is 6.04 Å². The summed E-state index contributed by atoms with van der Waals surface area (Å²) >= 11 is 0. The Labute approximate surface area is 94.9 Å². The van der Waals surface area contributed by atoms with Gasteiger partial charge in [-0.15, -0.1) is 0 Å². The molecule has 1 N–H and O–H groups in total. The lowest BCUT2D eigenvalue weighted by molar-refractivity contribution is 0.447. The number of hydrogen-bond acceptors (Lipinski definition) is 3. The fourth-order valence-electron chi connectivity index (χ4n) is 2.46. The molecule has 84 valence electrons. The molecule has 0 bridgehead atoms. The lowest BCUT2D eigenvalue weighted by Gasteiger charge is -2.09. The van der Waals surface area contributed by atoms with Crippen molar-refractivity contribution in [2.45, 2.75) is 32.2 Å². The van der Waals surface area contributed by atoms with Gasteiger partial charge in [-0.2, -0.15) is 0 Å². The van der Waals surface area contributed by atoms with Gasteiger partial charge in [-0.05, 0) is 38.4 Å². The van der Waals surface area contributed by atoms with E-state index in [0.29, 0.717) is 12.0 Å². The van der Waals surface area contributed by atoms with Crippen LogP contribution in [0.4, 0.5) is 0 Å². The highest BCUT2D eigenvalue weighted by molar-refractivity contribution is 5.76. The van der Waals surface area contributed by atoms with Crippen molar-refractivity contribution < 1.29 is 4.42 Å². The van der Waals surface area contributed by atoms with E-state index in [0.717, 1.165) is 30.0 Å². The van der Waals surface area contributed by atoms with Crippen molar-refractivity contribution in [2.24, 2.45) is 0 Å². The Kier molecular flexibility index (Phi) is 2.21. The van der Waals surface area contributed by atoms with Crippen molar-refractivity contribution in [2.75, 3.05) is 6.54 Å². The molecule has 0 spiro atoms. The molecule has 1 aromatic carbocycles. The highest BCUT2D eigenvalue weighted by Gasteiger charge is 2.28. The molecule has 1 saturated heterocycles. The van der Waals surface area contributed by atoms with Gasteiger partial charge >= 0.3 is 0 Å². The van der Waals surface area contributed by atoms with E-state index in [-0.39, 0.29) is 0 Å². The number of fused-ring (bicyclic) bond motifs is 1. The number of hydrogen-bond donors (Lipinski definition) is 1. The fraction of sp³-hybridized carbons (Fsp3) is 0.462.